The molecular weight excluding hydrogens is 304 g/mol. The van der Waals surface area contributed by atoms with Crippen molar-refractivity contribution in [3.8, 4) is 0 Å². The van der Waals surface area contributed by atoms with Crippen molar-refractivity contribution < 1.29 is 17.9 Å². The molecule has 122 valence electrons. The summed E-state index contributed by atoms with van der Waals surface area (Å²) in [4.78, 5) is 13.7. The fourth-order valence-corrected chi connectivity index (χ4v) is 3.51. The van der Waals surface area contributed by atoms with E-state index in [0.717, 1.165) is 13.1 Å². The summed E-state index contributed by atoms with van der Waals surface area (Å²) < 4.78 is 32.6. The molecule has 6 nitrogen and oxygen atoms in total. The molecule has 2 rings (SSSR count). The van der Waals surface area contributed by atoms with E-state index in [1.54, 1.807) is 12.1 Å². The van der Waals surface area contributed by atoms with Gasteiger partial charge in [-0.3, -0.25) is 9.69 Å². The van der Waals surface area contributed by atoms with Crippen molar-refractivity contribution in [2.45, 2.75) is 24.8 Å². The van der Waals surface area contributed by atoms with Crippen LogP contribution in [0.1, 0.15) is 24.2 Å². The molecule has 0 saturated carbocycles. The average Bonchev–Trinajstić information content (AvgIpc) is 2.53. The Bertz CT molecular complexity index is 624. The van der Waals surface area contributed by atoms with Crippen LogP contribution in [0.25, 0.3) is 0 Å². The molecule has 1 aliphatic rings. The molecule has 1 fully saturated rings. The molecule has 0 aliphatic carbocycles. The van der Waals surface area contributed by atoms with E-state index < -0.39 is 10.0 Å². The number of rotatable bonds is 6. The standard InChI is InChI=1S/C15H22N2O4S/c1-12(17-6-8-21-9-7-17)11-16-22(19,20)15-5-3-4-14(10-15)13(2)18/h3-5,10,12,16H,6-9,11H2,1-2H3/t12-/m0/s1. The minimum absolute atomic E-state index is 0.0923. The molecule has 0 bridgehead atoms. The van der Waals surface area contributed by atoms with E-state index in [1.165, 1.54) is 19.1 Å². The molecule has 0 amide bonds. The molecule has 0 aromatic heterocycles. The van der Waals surface area contributed by atoms with Gasteiger partial charge in [-0.05, 0) is 26.0 Å². The maximum absolute atomic E-state index is 12.3. The predicted octanol–water partition coefficient (Wildman–Crippen LogP) is 0.888. The maximum atomic E-state index is 12.3. The largest absolute Gasteiger partial charge is 0.379 e. The number of ketones is 1. The van der Waals surface area contributed by atoms with Gasteiger partial charge in [0, 0.05) is 31.2 Å². The highest BCUT2D eigenvalue weighted by Crippen LogP contribution is 2.12. The first-order valence-corrected chi connectivity index (χ1v) is 8.81. The average molecular weight is 326 g/mol. The van der Waals surface area contributed by atoms with Gasteiger partial charge in [-0.25, -0.2) is 13.1 Å². The number of hydrogen-bond donors (Lipinski definition) is 1. The molecule has 1 N–H and O–H groups in total. The van der Waals surface area contributed by atoms with Crippen molar-refractivity contribution in [2.24, 2.45) is 0 Å². The summed E-state index contributed by atoms with van der Waals surface area (Å²) in [6, 6.07) is 6.18. The number of Topliss-reactive ketones (excluding diaryl/α,β-unsaturated/α-hetero) is 1. The minimum Gasteiger partial charge on any atom is -0.379 e. The van der Waals surface area contributed by atoms with E-state index in [9.17, 15) is 13.2 Å². The minimum atomic E-state index is -3.61. The van der Waals surface area contributed by atoms with E-state index in [2.05, 4.69) is 9.62 Å². The Kier molecular flexibility index (Phi) is 5.69. The fourth-order valence-electron chi connectivity index (χ4n) is 2.34. The smallest absolute Gasteiger partial charge is 0.240 e. The summed E-state index contributed by atoms with van der Waals surface area (Å²) in [7, 11) is -3.61. The molecule has 1 aromatic carbocycles. The number of benzene rings is 1. The summed E-state index contributed by atoms with van der Waals surface area (Å²) in [6.07, 6.45) is 0. The lowest BCUT2D eigenvalue weighted by Gasteiger charge is -2.32. The first-order chi connectivity index (χ1) is 10.4. The van der Waals surface area contributed by atoms with E-state index in [-0.39, 0.29) is 16.7 Å². The second-order valence-electron chi connectivity index (χ2n) is 5.43. The molecule has 0 spiro atoms. The van der Waals surface area contributed by atoms with E-state index in [0.29, 0.717) is 25.3 Å². The van der Waals surface area contributed by atoms with Gasteiger partial charge in [-0.15, -0.1) is 0 Å². The monoisotopic (exact) mass is 326 g/mol. The van der Waals surface area contributed by atoms with E-state index >= 15 is 0 Å². The number of carbonyl (C=O) groups is 1. The van der Waals surface area contributed by atoms with Crippen LogP contribution in [-0.4, -0.2) is 58.0 Å². The normalized spacial score (nSPS) is 18.1. The molecule has 1 atom stereocenters. The number of carbonyl (C=O) groups excluding carboxylic acids is 1. The zero-order valence-electron chi connectivity index (χ0n) is 12.9. The molecule has 1 heterocycles. The van der Waals surface area contributed by atoms with Crippen LogP contribution in [0.5, 0.6) is 0 Å². The lowest BCUT2D eigenvalue weighted by Crippen LogP contribution is -2.47. The molecule has 1 aliphatic heterocycles. The summed E-state index contributed by atoms with van der Waals surface area (Å²) >= 11 is 0. The second kappa shape index (κ2) is 7.32. The van der Waals surface area contributed by atoms with Crippen LogP contribution in [0, 0.1) is 0 Å². The molecular formula is C15H22N2O4S. The number of ether oxygens (including phenoxy) is 1. The highest BCUT2D eigenvalue weighted by atomic mass is 32.2. The number of morpholine rings is 1. The fraction of sp³-hybridized carbons (Fsp3) is 0.533. The van der Waals surface area contributed by atoms with Crippen molar-refractivity contribution in [3.05, 3.63) is 29.8 Å². The van der Waals surface area contributed by atoms with Crippen LogP contribution in [0.3, 0.4) is 0 Å². The lowest BCUT2D eigenvalue weighted by molar-refractivity contribution is 0.0213. The first-order valence-electron chi connectivity index (χ1n) is 7.32. The highest BCUT2D eigenvalue weighted by molar-refractivity contribution is 7.89. The third kappa shape index (κ3) is 4.36. The number of sulfonamides is 1. The zero-order valence-corrected chi connectivity index (χ0v) is 13.7. The van der Waals surface area contributed by atoms with Crippen molar-refractivity contribution in [1.82, 2.24) is 9.62 Å². The zero-order chi connectivity index (χ0) is 16.2. The van der Waals surface area contributed by atoms with Crippen LogP contribution in [0.15, 0.2) is 29.2 Å². The third-order valence-electron chi connectivity index (χ3n) is 3.79. The van der Waals surface area contributed by atoms with Crippen molar-refractivity contribution in [2.75, 3.05) is 32.8 Å². The van der Waals surface area contributed by atoms with Crippen molar-refractivity contribution >= 4 is 15.8 Å². The Morgan fingerprint density at radius 2 is 2.05 bits per heavy atom. The topological polar surface area (TPSA) is 75.7 Å². The van der Waals surface area contributed by atoms with Gasteiger partial charge in [0.2, 0.25) is 10.0 Å². The molecule has 7 heteroatoms. The van der Waals surface area contributed by atoms with E-state index in [1.807, 2.05) is 6.92 Å². The van der Waals surface area contributed by atoms with Gasteiger partial charge < -0.3 is 4.74 Å². The number of nitrogens with zero attached hydrogens (tertiary/aromatic N) is 1. The van der Waals surface area contributed by atoms with Crippen molar-refractivity contribution in [1.29, 1.82) is 0 Å². The van der Waals surface area contributed by atoms with Crippen molar-refractivity contribution in [3.63, 3.8) is 0 Å². The summed E-state index contributed by atoms with van der Waals surface area (Å²) in [5, 5.41) is 0. The summed E-state index contributed by atoms with van der Waals surface area (Å²) in [5.74, 6) is -0.154. The Morgan fingerprint density at radius 3 is 2.68 bits per heavy atom. The predicted molar refractivity (Wildman–Crippen MR) is 83.5 cm³/mol. The highest BCUT2D eigenvalue weighted by Gasteiger charge is 2.20. The number of nitrogens with one attached hydrogen (secondary N) is 1. The van der Waals surface area contributed by atoms with Gasteiger partial charge in [-0.1, -0.05) is 12.1 Å². The Hall–Kier alpha value is -1.28. The quantitative estimate of drug-likeness (QED) is 0.786. The Balaban J connectivity index is 2.01. The molecule has 0 radical (unpaired) electrons. The first kappa shape index (κ1) is 17.1. The molecule has 1 saturated heterocycles. The van der Waals surface area contributed by atoms with E-state index in [4.69, 9.17) is 4.74 Å². The van der Waals surface area contributed by atoms with Gasteiger partial charge in [0.05, 0.1) is 18.1 Å². The Labute approximate surface area is 131 Å². The summed E-state index contributed by atoms with van der Waals surface area (Å²) in [6.45, 7) is 6.70. The van der Waals surface area contributed by atoms with Crippen LogP contribution in [-0.2, 0) is 14.8 Å². The Morgan fingerprint density at radius 1 is 1.36 bits per heavy atom. The molecule has 22 heavy (non-hydrogen) atoms. The van der Waals surface area contributed by atoms with Gasteiger partial charge in [-0.2, -0.15) is 0 Å². The van der Waals surface area contributed by atoms with Gasteiger partial charge in [0.1, 0.15) is 0 Å². The van der Waals surface area contributed by atoms with Crippen LogP contribution in [0.2, 0.25) is 0 Å². The van der Waals surface area contributed by atoms with Gasteiger partial charge in [0.25, 0.3) is 0 Å². The third-order valence-corrected chi connectivity index (χ3v) is 5.21. The maximum Gasteiger partial charge on any atom is 0.240 e. The van der Waals surface area contributed by atoms with Crippen LogP contribution < -0.4 is 4.72 Å². The lowest BCUT2D eigenvalue weighted by atomic mass is 10.2. The van der Waals surface area contributed by atoms with Gasteiger partial charge in [0.15, 0.2) is 5.78 Å². The van der Waals surface area contributed by atoms with Gasteiger partial charge >= 0.3 is 0 Å². The number of hydrogen-bond acceptors (Lipinski definition) is 5. The second-order valence-corrected chi connectivity index (χ2v) is 7.20. The molecule has 0 unspecified atom stereocenters. The SMILES string of the molecule is CC(=O)c1cccc(S(=O)(=O)NC[C@H](C)N2CCOCC2)c1. The van der Waals surface area contributed by atoms with Crippen LogP contribution in [0.4, 0.5) is 0 Å². The van der Waals surface area contributed by atoms with Crippen LogP contribution >= 0.6 is 0 Å². The molecule has 1 aromatic rings. The summed E-state index contributed by atoms with van der Waals surface area (Å²) in [5.41, 5.74) is 0.393.